The Bertz CT molecular complexity index is 145. The number of hydrogen-bond donors (Lipinski definition) is 0. The van der Waals surface area contributed by atoms with Gasteiger partial charge < -0.3 is 4.90 Å². The fraction of sp³-hybridized carbons (Fsp3) is 0.714. The molecule has 1 atom stereocenters. The van der Waals surface area contributed by atoms with Crippen LogP contribution in [-0.2, 0) is 0 Å². The summed E-state index contributed by atoms with van der Waals surface area (Å²) in [6, 6.07) is 2.41. The van der Waals surface area contributed by atoms with Crippen LogP contribution in [0.3, 0.4) is 0 Å². The van der Waals surface area contributed by atoms with Gasteiger partial charge in [-0.15, -0.1) is 0 Å². The first kappa shape index (κ1) is 6.41. The second-order valence-corrected chi connectivity index (χ2v) is 2.71. The van der Waals surface area contributed by atoms with Crippen molar-refractivity contribution in [3.05, 3.63) is 0 Å². The predicted octanol–water partition coefficient (Wildman–Crippen LogP) is 1.01. The molecule has 0 spiro atoms. The molecule has 1 aliphatic rings. The summed E-state index contributed by atoms with van der Waals surface area (Å²) in [5.41, 5.74) is -1.05. The Hall–Kier alpha value is -0.710. The number of nitrogens with zero attached hydrogens (tertiary/aromatic N) is 1. The van der Waals surface area contributed by atoms with Gasteiger partial charge in [-0.05, 0) is 6.92 Å². The SMILES string of the molecule is C#CN1CCC(C)(F)C1. The van der Waals surface area contributed by atoms with Gasteiger partial charge in [-0.3, -0.25) is 0 Å². The van der Waals surface area contributed by atoms with Crippen molar-refractivity contribution < 1.29 is 4.39 Å². The minimum absolute atomic E-state index is 0.392. The van der Waals surface area contributed by atoms with E-state index in [0.717, 1.165) is 0 Å². The highest BCUT2D eigenvalue weighted by Gasteiger charge is 2.31. The number of alkyl halides is 1. The zero-order valence-corrected chi connectivity index (χ0v) is 5.52. The van der Waals surface area contributed by atoms with Gasteiger partial charge in [0, 0.05) is 19.0 Å². The van der Waals surface area contributed by atoms with E-state index in [0.29, 0.717) is 19.5 Å². The van der Waals surface area contributed by atoms with Crippen molar-refractivity contribution >= 4 is 0 Å². The molecule has 1 saturated heterocycles. The van der Waals surface area contributed by atoms with E-state index in [-0.39, 0.29) is 0 Å². The van der Waals surface area contributed by atoms with E-state index in [9.17, 15) is 4.39 Å². The molecule has 9 heavy (non-hydrogen) atoms. The molecule has 2 heteroatoms. The Morgan fingerprint density at radius 3 is 2.67 bits per heavy atom. The average molecular weight is 127 g/mol. The lowest BCUT2D eigenvalue weighted by Gasteiger charge is -2.11. The lowest BCUT2D eigenvalue weighted by Crippen LogP contribution is -2.22. The first-order valence-electron chi connectivity index (χ1n) is 3.04. The predicted molar refractivity (Wildman–Crippen MR) is 34.5 cm³/mol. The maximum absolute atomic E-state index is 12.9. The van der Waals surface area contributed by atoms with E-state index in [1.54, 1.807) is 11.8 Å². The lowest BCUT2D eigenvalue weighted by atomic mass is 10.1. The van der Waals surface area contributed by atoms with E-state index in [4.69, 9.17) is 6.42 Å². The van der Waals surface area contributed by atoms with E-state index in [1.807, 2.05) is 0 Å². The highest BCUT2D eigenvalue weighted by molar-refractivity contribution is 4.96. The van der Waals surface area contributed by atoms with Crippen molar-refractivity contribution in [2.45, 2.75) is 19.0 Å². The Labute approximate surface area is 54.8 Å². The van der Waals surface area contributed by atoms with Crippen molar-refractivity contribution in [1.82, 2.24) is 4.90 Å². The number of terminal acetylenes is 1. The summed E-state index contributed by atoms with van der Waals surface area (Å²) in [5.74, 6) is 0. The van der Waals surface area contributed by atoms with Gasteiger partial charge in [0.05, 0.1) is 6.54 Å². The van der Waals surface area contributed by atoms with Crippen LogP contribution in [0.25, 0.3) is 0 Å². The molecule has 1 aliphatic heterocycles. The number of hydrogen-bond acceptors (Lipinski definition) is 1. The number of halogens is 1. The molecular weight excluding hydrogens is 117 g/mol. The zero-order valence-electron chi connectivity index (χ0n) is 5.52. The van der Waals surface area contributed by atoms with Crippen LogP contribution >= 0.6 is 0 Å². The van der Waals surface area contributed by atoms with Gasteiger partial charge in [-0.2, -0.15) is 0 Å². The number of rotatable bonds is 0. The van der Waals surface area contributed by atoms with Crippen LogP contribution in [0.2, 0.25) is 0 Å². The fourth-order valence-electron chi connectivity index (χ4n) is 1.03. The second kappa shape index (κ2) is 1.91. The largest absolute Gasteiger partial charge is 0.330 e. The quantitative estimate of drug-likeness (QED) is 0.439. The van der Waals surface area contributed by atoms with Crippen molar-refractivity contribution in [1.29, 1.82) is 0 Å². The van der Waals surface area contributed by atoms with Crippen LogP contribution in [0.5, 0.6) is 0 Å². The third-order valence-corrected chi connectivity index (χ3v) is 1.61. The van der Waals surface area contributed by atoms with Gasteiger partial charge in [0.1, 0.15) is 5.67 Å². The minimum atomic E-state index is -1.05. The third-order valence-electron chi connectivity index (χ3n) is 1.61. The molecule has 50 valence electrons. The van der Waals surface area contributed by atoms with E-state index < -0.39 is 5.67 Å². The zero-order chi connectivity index (χ0) is 6.91. The van der Waals surface area contributed by atoms with Crippen LogP contribution in [0.15, 0.2) is 0 Å². The van der Waals surface area contributed by atoms with Crippen molar-refractivity contribution in [3.8, 4) is 12.5 Å². The molecule has 1 heterocycles. The average Bonchev–Trinajstić information content (AvgIpc) is 2.10. The molecular formula is C7H10FN. The summed E-state index contributed by atoms with van der Waals surface area (Å²) >= 11 is 0. The normalized spacial score (nSPS) is 34.6. The topological polar surface area (TPSA) is 3.24 Å². The molecule has 0 aliphatic carbocycles. The second-order valence-electron chi connectivity index (χ2n) is 2.71. The van der Waals surface area contributed by atoms with E-state index in [1.165, 1.54) is 0 Å². The van der Waals surface area contributed by atoms with Crippen LogP contribution in [0.1, 0.15) is 13.3 Å². The molecule has 1 unspecified atom stereocenters. The lowest BCUT2D eigenvalue weighted by molar-refractivity contribution is 0.205. The Kier molecular flexibility index (Phi) is 1.36. The van der Waals surface area contributed by atoms with Gasteiger partial charge in [-0.25, -0.2) is 4.39 Å². The summed E-state index contributed by atoms with van der Waals surface area (Å²) in [5, 5.41) is 0. The summed E-state index contributed by atoms with van der Waals surface area (Å²) in [6.45, 7) is 2.68. The molecule has 1 fully saturated rings. The minimum Gasteiger partial charge on any atom is -0.330 e. The van der Waals surface area contributed by atoms with Crippen molar-refractivity contribution in [3.63, 3.8) is 0 Å². The fourth-order valence-corrected chi connectivity index (χ4v) is 1.03. The number of likely N-dealkylation sites (tertiary alicyclic amines) is 1. The van der Waals surface area contributed by atoms with Crippen LogP contribution in [-0.4, -0.2) is 23.7 Å². The Morgan fingerprint density at radius 2 is 2.44 bits per heavy atom. The summed E-state index contributed by atoms with van der Waals surface area (Å²) in [4.78, 5) is 1.67. The highest BCUT2D eigenvalue weighted by atomic mass is 19.1. The maximum atomic E-state index is 12.9. The monoisotopic (exact) mass is 127 g/mol. The molecule has 1 rings (SSSR count). The molecule has 0 bridgehead atoms. The molecule has 0 saturated carbocycles. The summed E-state index contributed by atoms with van der Waals surface area (Å²) in [6.07, 6.45) is 5.63. The standard InChI is InChI=1S/C7H10FN/c1-3-9-5-4-7(2,8)6-9/h1H,4-6H2,2H3. The molecule has 0 aromatic carbocycles. The van der Waals surface area contributed by atoms with Crippen LogP contribution in [0.4, 0.5) is 4.39 Å². The van der Waals surface area contributed by atoms with Crippen molar-refractivity contribution in [2.75, 3.05) is 13.1 Å². The molecule has 0 aromatic heterocycles. The molecule has 0 radical (unpaired) electrons. The maximum Gasteiger partial charge on any atom is 0.128 e. The third kappa shape index (κ3) is 1.35. The van der Waals surface area contributed by atoms with Gasteiger partial charge in [0.15, 0.2) is 0 Å². The van der Waals surface area contributed by atoms with Gasteiger partial charge in [0.25, 0.3) is 0 Å². The first-order chi connectivity index (χ1) is 4.14. The van der Waals surface area contributed by atoms with Gasteiger partial charge in [0.2, 0.25) is 0 Å². The smallest absolute Gasteiger partial charge is 0.128 e. The van der Waals surface area contributed by atoms with E-state index in [2.05, 4.69) is 6.04 Å². The van der Waals surface area contributed by atoms with Crippen molar-refractivity contribution in [2.24, 2.45) is 0 Å². The van der Waals surface area contributed by atoms with E-state index >= 15 is 0 Å². The summed E-state index contributed by atoms with van der Waals surface area (Å²) < 4.78 is 12.9. The van der Waals surface area contributed by atoms with Crippen LogP contribution in [0, 0.1) is 12.5 Å². The molecule has 1 nitrogen and oxygen atoms in total. The first-order valence-corrected chi connectivity index (χ1v) is 3.04. The highest BCUT2D eigenvalue weighted by Crippen LogP contribution is 2.23. The van der Waals surface area contributed by atoms with Gasteiger partial charge in [-0.1, -0.05) is 6.42 Å². The Morgan fingerprint density at radius 1 is 1.78 bits per heavy atom. The Balaban J connectivity index is 2.50. The molecule has 0 N–H and O–H groups in total. The molecule has 0 aromatic rings. The van der Waals surface area contributed by atoms with Gasteiger partial charge >= 0.3 is 0 Å². The summed E-state index contributed by atoms with van der Waals surface area (Å²) in [7, 11) is 0. The van der Waals surface area contributed by atoms with Crippen LogP contribution < -0.4 is 0 Å². The molecule has 0 amide bonds.